The third-order valence-corrected chi connectivity index (χ3v) is 21.9. The summed E-state index contributed by atoms with van der Waals surface area (Å²) in [4.78, 5) is 43.6. The molecule has 0 aromatic heterocycles. The van der Waals surface area contributed by atoms with Crippen LogP contribution in [-0.2, 0) is 80.5 Å². The van der Waals surface area contributed by atoms with Crippen LogP contribution < -0.4 is 4.90 Å². The normalized spacial score (nSPS) is 18.8. The van der Waals surface area contributed by atoms with Crippen LogP contribution in [0.5, 0.6) is 0 Å². The molecule has 0 unspecified atom stereocenters. The maximum absolute atomic E-state index is 14.3. The maximum Gasteiger partial charge on any atom is 0.333 e. The molecule has 4 N–H and O–H groups in total. The highest BCUT2D eigenvalue weighted by Crippen LogP contribution is 2.52. The van der Waals surface area contributed by atoms with Crippen molar-refractivity contribution in [2.45, 2.75) is 106 Å². The highest BCUT2D eigenvalue weighted by atomic mass is 32.2. The van der Waals surface area contributed by atoms with Crippen molar-refractivity contribution in [2.75, 3.05) is 54.6 Å². The Morgan fingerprint density at radius 2 is 1.29 bits per heavy atom. The van der Waals surface area contributed by atoms with E-state index < -0.39 is 96.4 Å². The molecule has 3 aliphatic heterocycles. The van der Waals surface area contributed by atoms with Gasteiger partial charge < -0.3 is 9.74 Å². The van der Waals surface area contributed by atoms with Gasteiger partial charge in [-0.3, -0.25) is 27.8 Å². The van der Waals surface area contributed by atoms with Crippen molar-refractivity contribution in [3.63, 3.8) is 0 Å². The lowest BCUT2D eigenvalue weighted by molar-refractivity contribution is -0.437. The number of carbonyl (C=O) groups is 3. The molecule has 28 heteroatoms. The number of nitrogens with zero attached hydrogens (tertiary/aromatic N) is 4. The summed E-state index contributed by atoms with van der Waals surface area (Å²) in [6.45, 7) is 7.81. The zero-order chi connectivity index (χ0) is 60.8. The van der Waals surface area contributed by atoms with E-state index in [1.54, 1.807) is 42.5 Å². The minimum atomic E-state index is -4.64. The third-order valence-electron chi connectivity index (χ3n) is 15.2. The third kappa shape index (κ3) is 13.9. The number of hydrogen-bond acceptors (Lipinski definition) is 16. The number of allylic oxidation sites excluding steroid dienone is 7. The standard InChI is InChI=1S/C55H64N4O18S6/c1-54(2)46(57(30-10-33-79(63,64)65)42-23-21-38-40(51(42)54)14-7-16-44(38)82(72,73)56(5)29-9-18-50(62)77-59-48(60)27-28-49(59)61)25-19-36-12-6-13-37(53(36)78-32-35-81(69,70)71)20-26-47-55(3,4)52-41-15-8-17-45(83(74,75)76)39(41)22-24-43(52)58(47)31-11-34-80(66,67)68/h7-8,14-17,19-26H,6,9-13,18,27-35H2,1-5H3,(H3-,63,64,65,66,67,68,69,70,71,74,75,76)/p+1. The fraction of sp³-hybridized carbons (Fsp3) is 0.418. The van der Waals surface area contributed by atoms with Crippen molar-refractivity contribution in [3.05, 3.63) is 118 Å². The fourth-order valence-electron chi connectivity index (χ4n) is 11.5. The van der Waals surface area contributed by atoms with Gasteiger partial charge in [-0.2, -0.15) is 38.2 Å². The zero-order valence-electron chi connectivity index (χ0n) is 46.1. The van der Waals surface area contributed by atoms with Gasteiger partial charge in [0.1, 0.15) is 11.4 Å². The number of imide groups is 1. The summed E-state index contributed by atoms with van der Waals surface area (Å²) in [5, 5.41) is 2.17. The number of sulfonamides is 1. The van der Waals surface area contributed by atoms with Crippen LogP contribution in [0.4, 0.5) is 11.4 Å². The van der Waals surface area contributed by atoms with Gasteiger partial charge in [0.05, 0.1) is 27.6 Å². The van der Waals surface area contributed by atoms with E-state index in [1.807, 2.05) is 61.5 Å². The van der Waals surface area contributed by atoms with E-state index in [2.05, 4.69) is 0 Å². The summed E-state index contributed by atoms with van der Waals surface area (Å²) in [5.74, 6) is -3.88. The Bertz CT molecular complexity index is 4090. The molecule has 0 bridgehead atoms. The Hall–Kier alpha value is -5.66. The lowest BCUT2D eigenvalue weighted by Gasteiger charge is -2.27. The average molecular weight is 1260 g/mol. The number of benzene rings is 4. The van der Waals surface area contributed by atoms with Gasteiger partial charge in [-0.1, -0.05) is 56.3 Å². The number of amides is 2. The van der Waals surface area contributed by atoms with Gasteiger partial charge >= 0.3 is 5.97 Å². The monoisotopic (exact) mass is 1260 g/mol. The largest absolute Gasteiger partial charge is 0.344 e. The molecular weight excluding hydrogens is 1200 g/mol. The second kappa shape index (κ2) is 24.0. The Labute approximate surface area is 487 Å². The Morgan fingerprint density at radius 1 is 0.687 bits per heavy atom. The van der Waals surface area contributed by atoms with E-state index in [-0.39, 0.29) is 79.1 Å². The van der Waals surface area contributed by atoms with Crippen molar-refractivity contribution in [1.82, 2.24) is 9.37 Å². The summed E-state index contributed by atoms with van der Waals surface area (Å²) in [6.07, 6.45) is 8.76. The molecule has 8 rings (SSSR count). The van der Waals surface area contributed by atoms with Crippen LogP contribution in [0.3, 0.4) is 0 Å². The quantitative estimate of drug-likeness (QED) is 0.0319. The van der Waals surface area contributed by atoms with Gasteiger partial charge in [0.15, 0.2) is 5.71 Å². The first kappa shape index (κ1) is 63.4. The molecule has 448 valence electrons. The van der Waals surface area contributed by atoms with Crippen LogP contribution in [0.2, 0.25) is 0 Å². The smallest absolute Gasteiger partial charge is 0.333 e. The highest BCUT2D eigenvalue weighted by molar-refractivity contribution is 8.04. The molecule has 3 heterocycles. The van der Waals surface area contributed by atoms with Gasteiger partial charge in [-0.25, -0.2) is 17.5 Å². The minimum Gasteiger partial charge on any atom is -0.344 e. The van der Waals surface area contributed by atoms with Crippen LogP contribution >= 0.6 is 11.8 Å². The Balaban J connectivity index is 1.18. The molecule has 4 aromatic carbocycles. The average Bonchev–Trinajstić information content (AvgIpc) is 1.97. The van der Waals surface area contributed by atoms with Gasteiger partial charge in [0.25, 0.3) is 52.3 Å². The Morgan fingerprint density at radius 3 is 1.93 bits per heavy atom. The predicted molar refractivity (Wildman–Crippen MR) is 314 cm³/mol. The lowest BCUT2D eigenvalue weighted by atomic mass is 9.78. The topological polar surface area (TPSA) is 325 Å². The van der Waals surface area contributed by atoms with E-state index >= 15 is 0 Å². The molecule has 0 radical (unpaired) electrons. The molecular formula is C55H65N4O18S6+. The summed E-state index contributed by atoms with van der Waals surface area (Å²) < 4.78 is 168. The second-order valence-electron chi connectivity index (χ2n) is 21.7. The van der Waals surface area contributed by atoms with E-state index in [4.69, 9.17) is 4.84 Å². The van der Waals surface area contributed by atoms with E-state index in [1.165, 1.54) is 37.0 Å². The molecule has 1 fully saturated rings. The summed E-state index contributed by atoms with van der Waals surface area (Å²) in [5.41, 5.74) is 3.82. The summed E-state index contributed by atoms with van der Waals surface area (Å²) in [7, 11) is -20.6. The van der Waals surface area contributed by atoms with Crippen molar-refractivity contribution in [2.24, 2.45) is 0 Å². The number of rotatable bonds is 23. The van der Waals surface area contributed by atoms with Crippen LogP contribution in [-0.4, -0.2) is 147 Å². The summed E-state index contributed by atoms with van der Waals surface area (Å²) >= 11 is 1.22. The molecule has 1 aliphatic carbocycles. The minimum absolute atomic E-state index is 0.00319. The van der Waals surface area contributed by atoms with Gasteiger partial charge in [0.2, 0.25) is 15.7 Å². The molecule has 2 amide bonds. The number of fused-ring (bicyclic) bond motifs is 6. The van der Waals surface area contributed by atoms with E-state index in [9.17, 15) is 74.7 Å². The number of hydrogen-bond donors (Lipinski definition) is 4. The molecule has 4 aromatic rings. The molecule has 22 nitrogen and oxygen atoms in total. The van der Waals surface area contributed by atoms with Gasteiger partial charge in [-0.15, -0.1) is 16.8 Å². The van der Waals surface area contributed by atoms with Crippen LogP contribution in [0.15, 0.2) is 117 Å². The molecule has 1 saturated heterocycles. The van der Waals surface area contributed by atoms with Crippen LogP contribution in [0, 0.1) is 0 Å². The van der Waals surface area contributed by atoms with Gasteiger partial charge in [-0.05, 0) is 104 Å². The second-order valence-corrected chi connectivity index (χ2v) is 30.9. The number of carbonyl (C=O) groups excluding carboxylic acids is 3. The predicted octanol–water partition coefficient (Wildman–Crippen LogP) is 7.40. The van der Waals surface area contributed by atoms with Crippen molar-refractivity contribution >= 4 is 119 Å². The highest BCUT2D eigenvalue weighted by Gasteiger charge is 2.47. The summed E-state index contributed by atoms with van der Waals surface area (Å²) in [6, 6.07) is 16.1. The first-order valence-electron chi connectivity index (χ1n) is 26.5. The lowest BCUT2D eigenvalue weighted by Crippen LogP contribution is -2.32. The van der Waals surface area contributed by atoms with Crippen molar-refractivity contribution < 1.29 is 84.1 Å². The van der Waals surface area contributed by atoms with Gasteiger partial charge in [0, 0.05) is 102 Å². The molecule has 0 atom stereocenters. The SMILES string of the molecule is CN(CCCC(=O)ON1C(=O)CCC1=O)S(=O)(=O)c1cccc2c3c(ccc12)N(CCCS(=O)(=O)O)/C(=C/C=C1\CCCC(/C=C/C2=[N+](CCCS(=O)(=O)O)c4ccc5c(S(=O)(=O)O)cccc5c4C2(C)C)=C1SCCS(=O)(=O)O)C3(C)C. The first-order valence-corrected chi connectivity index (χ1v) is 35.2. The molecule has 83 heavy (non-hydrogen) atoms. The zero-order valence-corrected chi connectivity index (χ0v) is 51.0. The maximum atomic E-state index is 14.3. The Kier molecular flexibility index (Phi) is 18.3. The molecule has 0 saturated carbocycles. The van der Waals surface area contributed by atoms with Crippen molar-refractivity contribution in [1.29, 1.82) is 0 Å². The van der Waals surface area contributed by atoms with E-state index in [0.29, 0.717) is 79.3 Å². The van der Waals surface area contributed by atoms with Crippen LogP contribution in [0.1, 0.15) is 96.6 Å². The van der Waals surface area contributed by atoms with Crippen molar-refractivity contribution in [3.8, 4) is 0 Å². The molecule has 0 spiro atoms. The van der Waals surface area contributed by atoms with E-state index in [0.717, 1.165) is 15.5 Å². The fourth-order valence-corrected chi connectivity index (χ4v) is 16.7. The molecule has 4 aliphatic rings. The number of hydroxylamine groups is 2. The first-order chi connectivity index (χ1) is 38.6. The van der Waals surface area contributed by atoms with Crippen LogP contribution in [0.25, 0.3) is 21.5 Å². The number of anilines is 1. The number of thioether (sulfide) groups is 1.